The Morgan fingerprint density at radius 3 is 3.40 bits per heavy atom. The summed E-state index contributed by atoms with van der Waals surface area (Å²) in [6.07, 6.45) is 8.79. The fourth-order valence-corrected chi connectivity index (χ4v) is 1.11. The predicted octanol–water partition coefficient (Wildman–Crippen LogP) is 0.691. The number of rotatable bonds is 0. The Bertz CT molecular complexity index is 230. The molecule has 0 aromatic rings. The van der Waals surface area contributed by atoms with E-state index in [0.29, 0.717) is 0 Å². The van der Waals surface area contributed by atoms with Crippen LogP contribution in [0.3, 0.4) is 0 Å². The smallest absolute Gasteiger partial charge is 0.278 e. The maximum Gasteiger partial charge on any atom is 0.278 e. The molecule has 2 rings (SSSR count). The summed E-state index contributed by atoms with van der Waals surface area (Å²) in [6, 6.07) is 0. The summed E-state index contributed by atoms with van der Waals surface area (Å²) in [7, 11) is 0. The SMILES string of the molecule is C1=C[N+]=C2CN=CCC2=C1. The Morgan fingerprint density at radius 1 is 1.50 bits per heavy atom. The summed E-state index contributed by atoms with van der Waals surface area (Å²) in [6.45, 7) is 0.760. The highest BCUT2D eigenvalue weighted by atomic mass is 14.8. The minimum Gasteiger partial charge on any atom is -0.286 e. The van der Waals surface area contributed by atoms with Crippen molar-refractivity contribution in [2.45, 2.75) is 6.42 Å². The van der Waals surface area contributed by atoms with Crippen LogP contribution in [0.25, 0.3) is 0 Å². The van der Waals surface area contributed by atoms with Crippen LogP contribution in [0.2, 0.25) is 0 Å². The lowest BCUT2D eigenvalue weighted by Gasteiger charge is -2.03. The van der Waals surface area contributed by atoms with Crippen LogP contribution >= 0.6 is 0 Å². The zero-order valence-corrected chi connectivity index (χ0v) is 5.62. The molecule has 1 radical (unpaired) electrons. The van der Waals surface area contributed by atoms with Gasteiger partial charge in [-0.05, 0) is 6.08 Å². The quantitative estimate of drug-likeness (QED) is 0.463. The first-order valence-corrected chi connectivity index (χ1v) is 3.38. The lowest BCUT2D eigenvalue weighted by Crippen LogP contribution is -2.18. The monoisotopic (exact) mass is 132 g/mol. The first kappa shape index (κ1) is 5.59. The van der Waals surface area contributed by atoms with E-state index in [2.05, 4.69) is 16.1 Å². The van der Waals surface area contributed by atoms with Gasteiger partial charge in [-0.1, -0.05) is 0 Å². The summed E-state index contributed by atoms with van der Waals surface area (Å²) >= 11 is 0. The Labute approximate surface area is 59.7 Å². The van der Waals surface area contributed by atoms with Gasteiger partial charge in [0.1, 0.15) is 6.54 Å². The van der Waals surface area contributed by atoms with E-state index >= 15 is 0 Å². The van der Waals surface area contributed by atoms with Crippen molar-refractivity contribution in [3.05, 3.63) is 23.9 Å². The molecule has 2 aliphatic heterocycles. The van der Waals surface area contributed by atoms with Crippen LogP contribution in [-0.2, 0) is 0 Å². The largest absolute Gasteiger partial charge is 0.286 e. The first-order chi connectivity index (χ1) is 4.97. The van der Waals surface area contributed by atoms with E-state index in [-0.39, 0.29) is 0 Å². The Kier molecular flexibility index (Phi) is 1.24. The third-order valence-electron chi connectivity index (χ3n) is 1.67. The molecule has 0 aromatic heterocycles. The minimum atomic E-state index is 0.760. The highest BCUT2D eigenvalue weighted by Crippen LogP contribution is 2.08. The molecule has 0 aromatic carbocycles. The van der Waals surface area contributed by atoms with Crippen molar-refractivity contribution in [3.8, 4) is 0 Å². The van der Waals surface area contributed by atoms with Crippen molar-refractivity contribution in [3.63, 3.8) is 0 Å². The Hall–Kier alpha value is -1.18. The number of hydrogen-bond donors (Lipinski definition) is 0. The molecular formula is C8H8N2+. The zero-order chi connectivity index (χ0) is 6.81. The Morgan fingerprint density at radius 2 is 2.50 bits per heavy atom. The predicted molar refractivity (Wildman–Crippen MR) is 42.3 cm³/mol. The average molecular weight is 132 g/mol. The standard InChI is InChI=1S/C8H8N2/c1-2-7-3-5-9-6-8(7)10-4-1/h1-2,4-5H,3,6H2/q+1. The topological polar surface area (TPSA) is 26.5 Å². The number of fused-ring (bicyclic) bond motifs is 1. The molecule has 0 bridgehead atoms. The van der Waals surface area contributed by atoms with Crippen LogP contribution in [0, 0.1) is 0 Å². The van der Waals surface area contributed by atoms with E-state index in [1.807, 2.05) is 18.5 Å². The zero-order valence-electron chi connectivity index (χ0n) is 5.62. The van der Waals surface area contributed by atoms with E-state index in [0.717, 1.165) is 18.7 Å². The van der Waals surface area contributed by atoms with Gasteiger partial charge in [-0.2, -0.15) is 0 Å². The van der Waals surface area contributed by atoms with E-state index < -0.39 is 0 Å². The van der Waals surface area contributed by atoms with Crippen LogP contribution in [0.1, 0.15) is 6.42 Å². The number of hydrogen-bond acceptors (Lipinski definition) is 2. The molecule has 0 N–H and O–H groups in total. The van der Waals surface area contributed by atoms with Crippen molar-refractivity contribution >= 4 is 11.9 Å². The molecule has 2 nitrogen and oxygen atoms in total. The summed E-state index contributed by atoms with van der Waals surface area (Å²) in [5, 5.41) is 0. The molecule has 2 heterocycles. The van der Waals surface area contributed by atoms with E-state index in [4.69, 9.17) is 0 Å². The molecule has 0 aliphatic carbocycles. The van der Waals surface area contributed by atoms with Crippen molar-refractivity contribution in [2.24, 2.45) is 4.99 Å². The molecule has 0 saturated heterocycles. The van der Waals surface area contributed by atoms with Crippen LogP contribution in [-0.4, -0.2) is 18.5 Å². The fourth-order valence-electron chi connectivity index (χ4n) is 1.11. The molecule has 0 saturated carbocycles. The van der Waals surface area contributed by atoms with Crippen LogP contribution in [0.15, 0.2) is 28.9 Å². The lowest BCUT2D eigenvalue weighted by molar-refractivity contribution is 1.15. The molecule has 2 heteroatoms. The summed E-state index contributed by atoms with van der Waals surface area (Å²) in [5.74, 6) is 0. The third kappa shape index (κ3) is 0.817. The van der Waals surface area contributed by atoms with Crippen LogP contribution in [0.5, 0.6) is 0 Å². The molecule has 0 fully saturated rings. The number of nitrogens with zero attached hydrogens (tertiary/aromatic N) is 2. The molecular weight excluding hydrogens is 124 g/mol. The van der Waals surface area contributed by atoms with Crippen molar-refractivity contribution in [1.29, 1.82) is 0 Å². The third-order valence-corrected chi connectivity index (χ3v) is 1.67. The maximum absolute atomic E-state index is 4.21. The highest BCUT2D eigenvalue weighted by Gasteiger charge is 2.19. The molecule has 49 valence electrons. The fraction of sp³-hybridized carbons (Fsp3) is 0.250. The van der Waals surface area contributed by atoms with E-state index in [1.165, 1.54) is 5.57 Å². The summed E-state index contributed by atoms with van der Waals surface area (Å²) < 4.78 is 0. The Balaban J connectivity index is 2.39. The van der Waals surface area contributed by atoms with Gasteiger partial charge in [0.15, 0.2) is 0 Å². The molecule has 2 aliphatic rings. The van der Waals surface area contributed by atoms with E-state index in [9.17, 15) is 0 Å². The van der Waals surface area contributed by atoms with Gasteiger partial charge in [-0.15, -0.1) is 0 Å². The molecule has 0 spiro atoms. The van der Waals surface area contributed by atoms with Gasteiger partial charge >= 0.3 is 0 Å². The molecule has 10 heavy (non-hydrogen) atoms. The first-order valence-electron chi connectivity index (χ1n) is 3.38. The van der Waals surface area contributed by atoms with Gasteiger partial charge in [0, 0.05) is 24.3 Å². The second-order valence-corrected chi connectivity index (χ2v) is 2.34. The van der Waals surface area contributed by atoms with E-state index in [1.54, 1.807) is 0 Å². The van der Waals surface area contributed by atoms with Crippen molar-refractivity contribution < 1.29 is 0 Å². The summed E-state index contributed by atoms with van der Waals surface area (Å²) in [5.41, 5.74) is 2.45. The second kappa shape index (κ2) is 2.21. The van der Waals surface area contributed by atoms with Gasteiger partial charge < -0.3 is 0 Å². The number of aliphatic imine (C=N–C) groups is 2. The van der Waals surface area contributed by atoms with Gasteiger partial charge in [-0.3, -0.25) is 4.99 Å². The van der Waals surface area contributed by atoms with Crippen molar-refractivity contribution in [1.82, 2.24) is 4.99 Å². The van der Waals surface area contributed by atoms with Gasteiger partial charge in [-0.25, -0.2) is 0 Å². The second-order valence-electron chi connectivity index (χ2n) is 2.34. The normalized spacial score (nSPS) is 21.6. The minimum absolute atomic E-state index is 0.760. The lowest BCUT2D eigenvalue weighted by atomic mass is 10.0. The van der Waals surface area contributed by atoms with Gasteiger partial charge in [0.25, 0.3) is 5.71 Å². The van der Waals surface area contributed by atoms with Crippen LogP contribution in [0.4, 0.5) is 0 Å². The van der Waals surface area contributed by atoms with Gasteiger partial charge in [0.2, 0.25) is 6.20 Å². The number of allylic oxidation sites excluding steroid dienone is 2. The van der Waals surface area contributed by atoms with Crippen LogP contribution < -0.4 is 4.99 Å². The molecule has 0 atom stereocenters. The highest BCUT2D eigenvalue weighted by molar-refractivity contribution is 6.06. The molecule has 0 unspecified atom stereocenters. The molecule has 0 amide bonds. The average Bonchev–Trinajstić information content (AvgIpc) is 2.05. The summed E-state index contributed by atoms with van der Waals surface area (Å²) in [4.78, 5) is 8.34. The van der Waals surface area contributed by atoms with Gasteiger partial charge in [0.05, 0.1) is 4.99 Å². The van der Waals surface area contributed by atoms with Crippen molar-refractivity contribution in [2.75, 3.05) is 6.54 Å². The maximum atomic E-state index is 4.21.